The number of allylic oxidation sites excluding steroid dienone is 1. The van der Waals surface area contributed by atoms with Crippen LogP contribution in [0.5, 0.6) is 0 Å². The molecule has 0 aromatic rings. The van der Waals surface area contributed by atoms with E-state index in [0.29, 0.717) is 12.8 Å². The normalized spacial score (nSPS) is 7.22. The molecule has 0 fully saturated rings. The summed E-state index contributed by atoms with van der Waals surface area (Å²) >= 11 is 2.79. The second-order valence-corrected chi connectivity index (χ2v) is 2.26. The van der Waals surface area contributed by atoms with Crippen LogP contribution in [0.3, 0.4) is 0 Å². The lowest BCUT2D eigenvalue weighted by Gasteiger charge is -1.80. The lowest BCUT2D eigenvalue weighted by atomic mass is 10.3. The summed E-state index contributed by atoms with van der Waals surface area (Å²) in [5.74, 6) is 5.39. The highest BCUT2D eigenvalue weighted by atomic mass is 79.9. The molecule has 0 aliphatic rings. The second-order valence-electron chi connectivity index (χ2n) is 1.38. The van der Waals surface area contributed by atoms with Gasteiger partial charge < -0.3 is 0 Å². The van der Waals surface area contributed by atoms with Crippen molar-refractivity contribution in [2.24, 2.45) is 0 Å². The molecule has 0 rings (SSSR count). The molecule has 0 N–H and O–H groups in total. The van der Waals surface area contributed by atoms with E-state index in [1.54, 1.807) is 0 Å². The molecule has 0 aliphatic carbocycles. The van der Waals surface area contributed by atoms with E-state index in [1.165, 1.54) is 6.08 Å². The largest absolute Gasteiger partial charge is 0.287 e. The lowest BCUT2D eigenvalue weighted by Crippen LogP contribution is -1.80. The quantitative estimate of drug-likeness (QED) is 0.476. The van der Waals surface area contributed by atoms with Crippen molar-refractivity contribution in [3.05, 3.63) is 12.7 Å². The Labute approximate surface area is 63.3 Å². The standard InChI is InChI=1S/C7H7BrO/c1-2-3-4-5-6-7(8)9/h2H,1,5-6H2. The maximum Gasteiger partial charge on any atom is 0.198 e. The van der Waals surface area contributed by atoms with Gasteiger partial charge in [0.1, 0.15) is 0 Å². The van der Waals surface area contributed by atoms with Crippen molar-refractivity contribution in [2.75, 3.05) is 0 Å². The van der Waals surface area contributed by atoms with Crippen molar-refractivity contribution < 1.29 is 4.79 Å². The van der Waals surface area contributed by atoms with E-state index in [4.69, 9.17) is 0 Å². The zero-order valence-corrected chi connectivity index (χ0v) is 6.57. The first-order valence-corrected chi connectivity index (χ1v) is 3.34. The van der Waals surface area contributed by atoms with Gasteiger partial charge in [-0.3, -0.25) is 4.79 Å². The fourth-order valence-electron chi connectivity index (χ4n) is 0.305. The van der Waals surface area contributed by atoms with E-state index in [9.17, 15) is 4.79 Å². The van der Waals surface area contributed by atoms with E-state index in [2.05, 4.69) is 34.3 Å². The molecule has 0 radical (unpaired) electrons. The number of hydrogen-bond acceptors (Lipinski definition) is 1. The zero-order chi connectivity index (χ0) is 7.11. The summed E-state index contributed by atoms with van der Waals surface area (Å²) in [6.45, 7) is 3.41. The highest BCUT2D eigenvalue weighted by Gasteiger charge is 1.89. The molecule has 0 bridgehead atoms. The highest BCUT2D eigenvalue weighted by molar-refractivity contribution is 9.18. The Kier molecular flexibility index (Phi) is 5.24. The van der Waals surface area contributed by atoms with Crippen molar-refractivity contribution in [1.82, 2.24) is 0 Å². The van der Waals surface area contributed by atoms with Crippen LogP contribution in [0.25, 0.3) is 0 Å². The Morgan fingerprint density at radius 2 is 2.44 bits per heavy atom. The van der Waals surface area contributed by atoms with Crippen molar-refractivity contribution in [3.63, 3.8) is 0 Å². The van der Waals surface area contributed by atoms with Gasteiger partial charge in [0, 0.05) is 12.8 Å². The van der Waals surface area contributed by atoms with Crippen LogP contribution in [0.15, 0.2) is 12.7 Å². The van der Waals surface area contributed by atoms with Crippen LogP contribution in [-0.2, 0) is 4.79 Å². The molecule has 0 saturated heterocycles. The van der Waals surface area contributed by atoms with Gasteiger partial charge in [0.2, 0.25) is 0 Å². The minimum absolute atomic E-state index is 0.000798. The van der Waals surface area contributed by atoms with E-state index < -0.39 is 0 Å². The van der Waals surface area contributed by atoms with E-state index in [-0.39, 0.29) is 4.69 Å². The fourth-order valence-corrected chi connectivity index (χ4v) is 0.503. The molecule has 0 aromatic heterocycles. The summed E-state index contributed by atoms with van der Waals surface area (Å²) in [7, 11) is 0. The Bertz CT molecular complexity index is 161. The molecule has 2 heteroatoms. The zero-order valence-electron chi connectivity index (χ0n) is 4.98. The minimum atomic E-state index is 0.000798. The molecule has 0 spiro atoms. The third-order valence-corrected chi connectivity index (χ3v) is 1.05. The van der Waals surface area contributed by atoms with Gasteiger partial charge in [-0.15, -0.1) is 0 Å². The average Bonchev–Trinajstić information content (AvgIpc) is 1.80. The Hall–Kier alpha value is -0.550. The third-order valence-electron chi connectivity index (χ3n) is 0.651. The molecule has 0 heterocycles. The van der Waals surface area contributed by atoms with Gasteiger partial charge in [0.05, 0.1) is 0 Å². The molecule has 0 aromatic carbocycles. The van der Waals surface area contributed by atoms with Crippen LogP contribution in [0.1, 0.15) is 12.8 Å². The number of carbonyl (C=O) groups excluding carboxylic acids is 1. The summed E-state index contributed by atoms with van der Waals surface area (Å²) in [4.78, 5) is 10.2. The number of hydrogen-bond donors (Lipinski definition) is 0. The van der Waals surface area contributed by atoms with Crippen molar-refractivity contribution in [1.29, 1.82) is 0 Å². The maximum absolute atomic E-state index is 10.2. The molecule has 48 valence electrons. The molecular weight excluding hydrogens is 180 g/mol. The van der Waals surface area contributed by atoms with Crippen LogP contribution >= 0.6 is 15.9 Å². The van der Waals surface area contributed by atoms with Crippen molar-refractivity contribution in [3.8, 4) is 11.8 Å². The Balaban J connectivity index is 3.29. The molecule has 0 unspecified atom stereocenters. The fraction of sp³-hybridized carbons (Fsp3) is 0.286. The SMILES string of the molecule is C=CC#CCCC(=O)Br. The number of rotatable bonds is 2. The van der Waals surface area contributed by atoms with Crippen LogP contribution in [0.2, 0.25) is 0 Å². The van der Waals surface area contributed by atoms with Gasteiger partial charge >= 0.3 is 0 Å². The van der Waals surface area contributed by atoms with Gasteiger partial charge in [-0.1, -0.05) is 18.4 Å². The molecule has 0 aliphatic heterocycles. The van der Waals surface area contributed by atoms with Crippen LogP contribution in [0, 0.1) is 11.8 Å². The monoisotopic (exact) mass is 186 g/mol. The average molecular weight is 187 g/mol. The maximum atomic E-state index is 10.2. The summed E-state index contributed by atoms with van der Waals surface area (Å²) < 4.78 is 0.000798. The number of halogens is 1. The van der Waals surface area contributed by atoms with Crippen LogP contribution < -0.4 is 0 Å². The smallest absolute Gasteiger partial charge is 0.198 e. The molecular formula is C7H7BrO. The van der Waals surface area contributed by atoms with Gasteiger partial charge in [0.15, 0.2) is 4.69 Å². The van der Waals surface area contributed by atoms with Gasteiger partial charge in [-0.25, -0.2) is 0 Å². The molecule has 9 heavy (non-hydrogen) atoms. The van der Waals surface area contributed by atoms with Crippen LogP contribution in [-0.4, -0.2) is 4.69 Å². The Morgan fingerprint density at radius 3 is 2.89 bits per heavy atom. The summed E-state index contributed by atoms with van der Waals surface area (Å²) in [6, 6.07) is 0. The molecule has 0 atom stereocenters. The predicted octanol–water partition coefficient (Wildman–Crippen LogP) is 1.88. The second kappa shape index (κ2) is 5.58. The Morgan fingerprint density at radius 1 is 1.78 bits per heavy atom. The van der Waals surface area contributed by atoms with E-state index in [1.807, 2.05) is 0 Å². The molecule has 0 amide bonds. The summed E-state index contributed by atoms with van der Waals surface area (Å²) in [6.07, 6.45) is 2.59. The first kappa shape index (κ1) is 8.45. The predicted molar refractivity (Wildman–Crippen MR) is 41.1 cm³/mol. The minimum Gasteiger partial charge on any atom is -0.287 e. The highest BCUT2D eigenvalue weighted by Crippen LogP contribution is 1.94. The topological polar surface area (TPSA) is 17.1 Å². The van der Waals surface area contributed by atoms with E-state index in [0.717, 1.165) is 0 Å². The van der Waals surface area contributed by atoms with Crippen LogP contribution in [0.4, 0.5) is 0 Å². The van der Waals surface area contributed by atoms with Gasteiger partial charge in [-0.2, -0.15) is 0 Å². The van der Waals surface area contributed by atoms with Crippen molar-refractivity contribution in [2.45, 2.75) is 12.8 Å². The summed E-state index contributed by atoms with van der Waals surface area (Å²) in [5.41, 5.74) is 0. The van der Waals surface area contributed by atoms with E-state index >= 15 is 0 Å². The first-order valence-electron chi connectivity index (χ1n) is 2.55. The first-order chi connectivity index (χ1) is 4.27. The lowest BCUT2D eigenvalue weighted by molar-refractivity contribution is -0.110. The van der Waals surface area contributed by atoms with Gasteiger partial charge in [-0.05, 0) is 22.0 Å². The number of carbonyl (C=O) groups is 1. The third kappa shape index (κ3) is 7.45. The molecule has 0 saturated carbocycles. The van der Waals surface area contributed by atoms with Crippen molar-refractivity contribution >= 4 is 20.6 Å². The summed E-state index contributed by atoms with van der Waals surface area (Å²) in [5, 5.41) is 0. The van der Waals surface area contributed by atoms with Gasteiger partial charge in [0.25, 0.3) is 0 Å². The molecule has 1 nitrogen and oxygen atoms in total.